The average Bonchev–Trinajstić information content (AvgIpc) is 2.61. The molecule has 0 unspecified atom stereocenters. The highest BCUT2D eigenvalue weighted by Crippen LogP contribution is 2.37. The number of rotatable bonds is 4. The van der Waals surface area contributed by atoms with Gasteiger partial charge < -0.3 is 15.4 Å². The van der Waals surface area contributed by atoms with Crippen molar-refractivity contribution in [3.05, 3.63) is 28.8 Å². The van der Waals surface area contributed by atoms with Crippen LogP contribution in [0.5, 0.6) is 5.75 Å². The molecule has 2 aliphatic rings. The van der Waals surface area contributed by atoms with E-state index in [0.717, 1.165) is 25.1 Å². The van der Waals surface area contributed by atoms with Gasteiger partial charge in [0.05, 0.1) is 17.7 Å². The zero-order valence-electron chi connectivity index (χ0n) is 14.2. The van der Waals surface area contributed by atoms with Crippen LogP contribution in [0.15, 0.2) is 18.2 Å². The highest BCUT2D eigenvalue weighted by atomic mass is 35.5. The summed E-state index contributed by atoms with van der Waals surface area (Å²) in [4.78, 5) is 14.7. The molecule has 2 amide bonds. The monoisotopic (exact) mass is 351 g/mol. The summed E-state index contributed by atoms with van der Waals surface area (Å²) in [6.07, 6.45) is 4.59. The predicted molar refractivity (Wildman–Crippen MR) is 95.7 cm³/mol. The van der Waals surface area contributed by atoms with Gasteiger partial charge in [-0.25, -0.2) is 4.79 Å². The quantitative estimate of drug-likeness (QED) is 0.874. The molecule has 0 aliphatic carbocycles. The molecule has 0 radical (unpaired) electrons. The number of amides is 2. The molecule has 2 N–H and O–H groups in total. The molecule has 5 nitrogen and oxygen atoms in total. The molecule has 2 aliphatic heterocycles. The fourth-order valence-corrected chi connectivity index (χ4v) is 3.71. The molecule has 3 rings (SSSR count). The summed E-state index contributed by atoms with van der Waals surface area (Å²) in [5.74, 6) is 0.692. The van der Waals surface area contributed by atoms with E-state index in [9.17, 15) is 4.79 Å². The molecule has 2 atom stereocenters. The number of ether oxygens (including phenoxy) is 1. The Labute approximate surface area is 148 Å². The zero-order chi connectivity index (χ0) is 16.9. The average molecular weight is 352 g/mol. The van der Waals surface area contributed by atoms with E-state index in [1.54, 1.807) is 0 Å². The fourth-order valence-electron chi connectivity index (χ4n) is 3.47. The molecule has 1 fully saturated rings. The summed E-state index contributed by atoms with van der Waals surface area (Å²) in [6, 6.07) is 5.84. The lowest BCUT2D eigenvalue weighted by molar-refractivity contribution is 0.169. The maximum atomic E-state index is 12.3. The van der Waals surface area contributed by atoms with Gasteiger partial charge in [-0.05, 0) is 38.9 Å². The summed E-state index contributed by atoms with van der Waals surface area (Å²) in [6.45, 7) is 5.67. The molecule has 6 heteroatoms. The second-order valence-corrected chi connectivity index (χ2v) is 7.06. The van der Waals surface area contributed by atoms with Gasteiger partial charge in [-0.15, -0.1) is 0 Å². The number of hydrogen-bond acceptors (Lipinski definition) is 3. The molecule has 1 aromatic rings. The molecule has 24 heavy (non-hydrogen) atoms. The first kappa shape index (κ1) is 17.4. The number of piperidine rings is 1. The number of benzene rings is 1. The molecule has 2 heterocycles. The van der Waals surface area contributed by atoms with Gasteiger partial charge in [0.2, 0.25) is 0 Å². The largest absolute Gasteiger partial charge is 0.492 e. The van der Waals surface area contributed by atoms with Crippen LogP contribution in [0.1, 0.15) is 44.2 Å². The number of halogens is 1. The topological polar surface area (TPSA) is 53.6 Å². The van der Waals surface area contributed by atoms with E-state index in [1.807, 2.05) is 18.2 Å². The van der Waals surface area contributed by atoms with Crippen LogP contribution < -0.4 is 15.4 Å². The molecular weight excluding hydrogens is 326 g/mol. The van der Waals surface area contributed by atoms with E-state index >= 15 is 0 Å². The molecule has 132 valence electrons. The molecule has 0 spiro atoms. The van der Waals surface area contributed by atoms with Gasteiger partial charge in [-0.1, -0.05) is 30.2 Å². The van der Waals surface area contributed by atoms with Crippen molar-refractivity contribution in [3.63, 3.8) is 0 Å². The maximum absolute atomic E-state index is 12.3. The predicted octanol–water partition coefficient (Wildman–Crippen LogP) is 3.34. The zero-order valence-corrected chi connectivity index (χ0v) is 14.9. The van der Waals surface area contributed by atoms with Crippen LogP contribution in [0, 0.1) is 0 Å². The van der Waals surface area contributed by atoms with Crippen LogP contribution >= 0.6 is 11.6 Å². The van der Waals surface area contributed by atoms with E-state index in [4.69, 9.17) is 16.3 Å². The van der Waals surface area contributed by atoms with Crippen molar-refractivity contribution in [3.8, 4) is 5.75 Å². The number of urea groups is 1. The van der Waals surface area contributed by atoms with Crippen molar-refractivity contribution in [2.75, 3.05) is 26.2 Å². The Bertz CT molecular complexity index is 575. The lowest BCUT2D eigenvalue weighted by atomic mass is 10.0. The molecule has 0 saturated carbocycles. The van der Waals surface area contributed by atoms with Crippen molar-refractivity contribution < 1.29 is 9.53 Å². The number of nitrogens with one attached hydrogen (secondary N) is 2. The van der Waals surface area contributed by atoms with Crippen LogP contribution in [0.3, 0.4) is 0 Å². The molecule has 0 bridgehead atoms. The first-order valence-corrected chi connectivity index (χ1v) is 9.22. The Hall–Kier alpha value is -1.46. The van der Waals surface area contributed by atoms with Crippen molar-refractivity contribution in [2.24, 2.45) is 0 Å². The van der Waals surface area contributed by atoms with Crippen LogP contribution in [0.2, 0.25) is 5.02 Å². The number of fused-ring (bicyclic) bond motifs is 1. The van der Waals surface area contributed by atoms with Crippen molar-refractivity contribution in [2.45, 2.75) is 44.7 Å². The number of carbonyl (C=O) groups excluding carboxylic acids is 1. The van der Waals surface area contributed by atoms with Gasteiger partial charge in [-0.2, -0.15) is 0 Å². The number of likely N-dealkylation sites (tertiary alicyclic amines) is 1. The van der Waals surface area contributed by atoms with E-state index in [0.29, 0.717) is 30.0 Å². The first-order chi connectivity index (χ1) is 11.6. The normalized spacial score (nSPS) is 22.2. The third-order valence-corrected chi connectivity index (χ3v) is 5.20. The van der Waals surface area contributed by atoms with Gasteiger partial charge >= 0.3 is 6.03 Å². The van der Waals surface area contributed by atoms with Crippen LogP contribution in [0.25, 0.3) is 0 Å². The third-order valence-electron chi connectivity index (χ3n) is 4.90. The minimum Gasteiger partial charge on any atom is -0.492 e. The molecule has 1 aromatic carbocycles. The van der Waals surface area contributed by atoms with Gasteiger partial charge in [0, 0.05) is 24.6 Å². The number of nitrogens with zero attached hydrogens (tertiary/aromatic N) is 1. The highest BCUT2D eigenvalue weighted by Gasteiger charge is 2.25. The van der Waals surface area contributed by atoms with Crippen LogP contribution in [0.4, 0.5) is 4.79 Å². The van der Waals surface area contributed by atoms with E-state index in [1.165, 1.54) is 19.3 Å². The standard InChI is InChI=1S/C18H26ClN3O2/c1-13(22-9-3-2-4-10-22)12-20-18(23)21-16-8-11-24-17-14(16)6-5-7-15(17)19/h5-7,13,16H,2-4,8-12H2,1H3,(H2,20,21,23)/t13-,16+/m0/s1. The Morgan fingerprint density at radius 1 is 1.38 bits per heavy atom. The summed E-state index contributed by atoms with van der Waals surface area (Å²) in [5, 5.41) is 6.66. The SMILES string of the molecule is C[C@@H](CNC(=O)N[C@@H]1CCOc2c(Cl)cccc21)N1CCCCC1. The van der Waals surface area contributed by atoms with Gasteiger partial charge in [0.15, 0.2) is 0 Å². The van der Waals surface area contributed by atoms with E-state index < -0.39 is 0 Å². The number of carbonyl (C=O) groups is 1. The van der Waals surface area contributed by atoms with Crippen LogP contribution in [-0.2, 0) is 0 Å². The summed E-state index contributed by atoms with van der Waals surface area (Å²) < 4.78 is 5.63. The number of para-hydroxylation sites is 1. The Balaban J connectivity index is 1.51. The molecule has 1 saturated heterocycles. The maximum Gasteiger partial charge on any atom is 0.315 e. The summed E-state index contributed by atoms with van der Waals surface area (Å²) in [7, 11) is 0. The minimum atomic E-state index is -0.128. The van der Waals surface area contributed by atoms with Crippen molar-refractivity contribution in [1.82, 2.24) is 15.5 Å². The second-order valence-electron chi connectivity index (χ2n) is 6.65. The number of hydrogen-bond donors (Lipinski definition) is 2. The fraction of sp³-hybridized carbons (Fsp3) is 0.611. The first-order valence-electron chi connectivity index (χ1n) is 8.85. The lowest BCUT2D eigenvalue weighted by Gasteiger charge is -2.32. The summed E-state index contributed by atoms with van der Waals surface area (Å²) >= 11 is 6.17. The molecular formula is C18H26ClN3O2. The van der Waals surface area contributed by atoms with Crippen LogP contribution in [-0.4, -0.2) is 43.2 Å². The molecule has 0 aromatic heterocycles. The van der Waals surface area contributed by atoms with Crippen molar-refractivity contribution >= 4 is 17.6 Å². The van der Waals surface area contributed by atoms with Gasteiger partial charge in [0.1, 0.15) is 5.75 Å². The Morgan fingerprint density at radius 2 is 2.17 bits per heavy atom. The lowest BCUT2D eigenvalue weighted by Crippen LogP contribution is -2.47. The smallest absolute Gasteiger partial charge is 0.315 e. The highest BCUT2D eigenvalue weighted by molar-refractivity contribution is 6.32. The van der Waals surface area contributed by atoms with Crippen molar-refractivity contribution in [1.29, 1.82) is 0 Å². The second kappa shape index (κ2) is 8.08. The third kappa shape index (κ3) is 4.14. The van der Waals surface area contributed by atoms with Gasteiger partial charge in [-0.3, -0.25) is 4.90 Å². The van der Waals surface area contributed by atoms with E-state index in [-0.39, 0.29) is 12.1 Å². The van der Waals surface area contributed by atoms with E-state index in [2.05, 4.69) is 22.5 Å². The summed E-state index contributed by atoms with van der Waals surface area (Å²) in [5.41, 5.74) is 0.952. The minimum absolute atomic E-state index is 0.0576. The Morgan fingerprint density at radius 3 is 2.96 bits per heavy atom. The van der Waals surface area contributed by atoms with Gasteiger partial charge in [0.25, 0.3) is 0 Å². The Kier molecular flexibility index (Phi) is 5.85.